The van der Waals surface area contributed by atoms with Crippen molar-refractivity contribution in [2.75, 3.05) is 33.9 Å². The van der Waals surface area contributed by atoms with Crippen LogP contribution in [0.1, 0.15) is 38.8 Å². The maximum atomic E-state index is 12.5. The summed E-state index contributed by atoms with van der Waals surface area (Å²) in [6, 6.07) is 5.61. The monoisotopic (exact) mass is 349 g/mol. The molecule has 1 fully saturated rings. The molecule has 6 nitrogen and oxygen atoms in total. The molecule has 1 aromatic rings. The summed E-state index contributed by atoms with van der Waals surface area (Å²) in [5, 5.41) is 3.06. The first kappa shape index (κ1) is 19.5. The summed E-state index contributed by atoms with van der Waals surface area (Å²) in [5.74, 6) is 1.48. The molecule has 0 saturated carbocycles. The number of benzene rings is 1. The molecule has 2 rings (SSSR count). The molecule has 0 aromatic heterocycles. The van der Waals surface area contributed by atoms with E-state index in [-0.39, 0.29) is 23.4 Å². The van der Waals surface area contributed by atoms with E-state index in [1.807, 2.05) is 25.1 Å². The van der Waals surface area contributed by atoms with E-state index in [9.17, 15) is 4.79 Å². The summed E-state index contributed by atoms with van der Waals surface area (Å²) < 4.78 is 10.7. The van der Waals surface area contributed by atoms with Crippen molar-refractivity contribution < 1.29 is 14.3 Å². The van der Waals surface area contributed by atoms with Gasteiger partial charge in [-0.05, 0) is 37.0 Å². The summed E-state index contributed by atoms with van der Waals surface area (Å²) in [4.78, 5) is 14.7. The molecule has 0 radical (unpaired) electrons. The van der Waals surface area contributed by atoms with Crippen molar-refractivity contribution in [2.24, 2.45) is 11.1 Å². The largest absolute Gasteiger partial charge is 0.497 e. The fourth-order valence-electron chi connectivity index (χ4n) is 3.37. The number of nitrogens with zero attached hydrogens (tertiary/aromatic N) is 1. The van der Waals surface area contributed by atoms with Gasteiger partial charge in [0.15, 0.2) is 0 Å². The Balaban J connectivity index is 1.99. The number of nitrogens with one attached hydrogen (secondary N) is 1. The van der Waals surface area contributed by atoms with Gasteiger partial charge in [0.2, 0.25) is 5.91 Å². The standard InChI is InChI=1S/C19H31N3O3/c1-13(15-10-14(24-4)6-7-16(15)25-5)21-18(23)11-22-9-8-17(20)19(2,3)12-22/h6-7,10,13,17H,8-9,11-12,20H2,1-5H3,(H,21,23). The van der Waals surface area contributed by atoms with E-state index in [0.29, 0.717) is 6.54 Å². The molecule has 25 heavy (non-hydrogen) atoms. The molecule has 1 amide bonds. The summed E-state index contributed by atoms with van der Waals surface area (Å²) in [5.41, 5.74) is 7.10. The second-order valence-electron chi connectivity index (χ2n) is 7.49. The zero-order valence-electron chi connectivity index (χ0n) is 16.0. The highest BCUT2D eigenvalue weighted by Crippen LogP contribution is 2.30. The van der Waals surface area contributed by atoms with Crippen molar-refractivity contribution in [2.45, 2.75) is 39.3 Å². The highest BCUT2D eigenvalue weighted by molar-refractivity contribution is 5.78. The first-order chi connectivity index (χ1) is 11.8. The van der Waals surface area contributed by atoms with Gasteiger partial charge in [0.1, 0.15) is 11.5 Å². The van der Waals surface area contributed by atoms with Crippen LogP contribution < -0.4 is 20.5 Å². The fourth-order valence-corrected chi connectivity index (χ4v) is 3.37. The molecule has 140 valence electrons. The van der Waals surface area contributed by atoms with E-state index in [4.69, 9.17) is 15.2 Å². The van der Waals surface area contributed by atoms with Gasteiger partial charge in [-0.1, -0.05) is 13.8 Å². The lowest BCUT2D eigenvalue weighted by atomic mass is 9.80. The molecular weight excluding hydrogens is 318 g/mol. The Morgan fingerprint density at radius 1 is 1.40 bits per heavy atom. The molecule has 0 aliphatic carbocycles. The summed E-state index contributed by atoms with van der Waals surface area (Å²) in [6.45, 7) is 8.34. The lowest BCUT2D eigenvalue weighted by molar-refractivity contribution is -0.123. The van der Waals surface area contributed by atoms with Crippen molar-refractivity contribution in [3.05, 3.63) is 23.8 Å². The molecule has 1 aliphatic heterocycles. The molecule has 0 bridgehead atoms. The number of hydrogen-bond donors (Lipinski definition) is 2. The number of amides is 1. The molecule has 3 N–H and O–H groups in total. The van der Waals surface area contributed by atoms with Crippen LogP contribution in [-0.4, -0.2) is 50.7 Å². The topological polar surface area (TPSA) is 76.8 Å². The number of carbonyl (C=O) groups is 1. The minimum absolute atomic E-state index is 0.00337. The van der Waals surface area contributed by atoms with E-state index in [1.165, 1.54) is 0 Å². The molecule has 1 heterocycles. The lowest BCUT2D eigenvalue weighted by Gasteiger charge is -2.42. The van der Waals surface area contributed by atoms with Crippen LogP contribution in [0.4, 0.5) is 0 Å². The number of nitrogens with two attached hydrogens (primary N) is 1. The zero-order valence-corrected chi connectivity index (χ0v) is 16.0. The third-order valence-corrected chi connectivity index (χ3v) is 5.04. The highest BCUT2D eigenvalue weighted by Gasteiger charge is 2.34. The second-order valence-corrected chi connectivity index (χ2v) is 7.49. The maximum absolute atomic E-state index is 12.5. The number of piperidine rings is 1. The van der Waals surface area contributed by atoms with E-state index >= 15 is 0 Å². The second kappa shape index (κ2) is 8.06. The number of hydrogen-bond acceptors (Lipinski definition) is 5. The highest BCUT2D eigenvalue weighted by atomic mass is 16.5. The van der Waals surface area contributed by atoms with Gasteiger partial charge in [0.05, 0.1) is 26.8 Å². The van der Waals surface area contributed by atoms with Crippen LogP contribution in [-0.2, 0) is 4.79 Å². The molecule has 1 saturated heterocycles. The Kier molecular flexibility index (Phi) is 6.30. The van der Waals surface area contributed by atoms with E-state index in [2.05, 4.69) is 24.1 Å². The lowest BCUT2D eigenvalue weighted by Crippen LogP contribution is -2.54. The van der Waals surface area contributed by atoms with Crippen LogP contribution in [0, 0.1) is 5.41 Å². The Morgan fingerprint density at radius 2 is 2.12 bits per heavy atom. The number of ether oxygens (including phenoxy) is 2. The Bertz CT molecular complexity index is 604. The molecule has 2 unspecified atom stereocenters. The molecular formula is C19H31N3O3. The quantitative estimate of drug-likeness (QED) is 0.821. The van der Waals surface area contributed by atoms with Crippen molar-refractivity contribution in [1.29, 1.82) is 0 Å². The van der Waals surface area contributed by atoms with E-state index in [1.54, 1.807) is 14.2 Å². The Labute approximate surface area is 150 Å². The number of carbonyl (C=O) groups excluding carboxylic acids is 1. The Hall–Kier alpha value is -1.79. The van der Waals surface area contributed by atoms with Crippen molar-refractivity contribution in [3.8, 4) is 11.5 Å². The Morgan fingerprint density at radius 3 is 2.72 bits per heavy atom. The minimum Gasteiger partial charge on any atom is -0.497 e. The molecule has 2 atom stereocenters. The van der Waals surface area contributed by atoms with Crippen LogP contribution in [0.15, 0.2) is 18.2 Å². The van der Waals surface area contributed by atoms with Crippen molar-refractivity contribution in [3.63, 3.8) is 0 Å². The van der Waals surface area contributed by atoms with Gasteiger partial charge in [-0.25, -0.2) is 0 Å². The van der Waals surface area contributed by atoms with Gasteiger partial charge in [0.25, 0.3) is 0 Å². The van der Waals surface area contributed by atoms with Gasteiger partial charge in [-0.3, -0.25) is 9.69 Å². The fraction of sp³-hybridized carbons (Fsp3) is 0.632. The van der Waals surface area contributed by atoms with Gasteiger partial charge in [-0.15, -0.1) is 0 Å². The van der Waals surface area contributed by atoms with Crippen LogP contribution in [0.25, 0.3) is 0 Å². The first-order valence-electron chi connectivity index (χ1n) is 8.76. The van der Waals surface area contributed by atoms with Gasteiger partial charge in [0, 0.05) is 24.7 Å². The SMILES string of the molecule is COc1ccc(OC)c(C(C)NC(=O)CN2CCC(N)C(C)(C)C2)c1. The van der Waals surface area contributed by atoms with Crippen molar-refractivity contribution in [1.82, 2.24) is 10.2 Å². The molecule has 1 aliphatic rings. The normalized spacial score (nSPS) is 21.4. The van der Waals surface area contributed by atoms with Crippen LogP contribution in [0.3, 0.4) is 0 Å². The number of likely N-dealkylation sites (tertiary alicyclic amines) is 1. The summed E-state index contributed by atoms with van der Waals surface area (Å²) in [7, 11) is 3.25. The van der Waals surface area contributed by atoms with Crippen LogP contribution in [0.2, 0.25) is 0 Å². The minimum atomic E-state index is -0.169. The van der Waals surface area contributed by atoms with Crippen LogP contribution in [0.5, 0.6) is 11.5 Å². The number of methoxy groups -OCH3 is 2. The molecule has 1 aromatic carbocycles. The summed E-state index contributed by atoms with van der Waals surface area (Å²) >= 11 is 0. The zero-order chi connectivity index (χ0) is 18.6. The van der Waals surface area contributed by atoms with Gasteiger partial charge >= 0.3 is 0 Å². The van der Waals surface area contributed by atoms with Gasteiger partial charge in [-0.2, -0.15) is 0 Å². The number of rotatable bonds is 6. The third kappa shape index (κ3) is 4.86. The van der Waals surface area contributed by atoms with Crippen molar-refractivity contribution >= 4 is 5.91 Å². The smallest absolute Gasteiger partial charge is 0.234 e. The van der Waals surface area contributed by atoms with E-state index in [0.717, 1.165) is 36.6 Å². The molecule has 0 spiro atoms. The average molecular weight is 349 g/mol. The predicted molar refractivity (Wildman–Crippen MR) is 98.9 cm³/mol. The average Bonchev–Trinajstić information content (AvgIpc) is 2.57. The van der Waals surface area contributed by atoms with Crippen LogP contribution >= 0.6 is 0 Å². The predicted octanol–water partition coefficient (Wildman–Crippen LogP) is 1.94. The first-order valence-corrected chi connectivity index (χ1v) is 8.76. The van der Waals surface area contributed by atoms with Gasteiger partial charge < -0.3 is 20.5 Å². The molecule has 6 heteroatoms. The maximum Gasteiger partial charge on any atom is 0.234 e. The summed E-state index contributed by atoms with van der Waals surface area (Å²) in [6.07, 6.45) is 0.916. The third-order valence-electron chi connectivity index (χ3n) is 5.04. The van der Waals surface area contributed by atoms with E-state index < -0.39 is 0 Å².